The molecule has 0 amide bonds. The standard InChI is InChI=1S/C12H16ClN5O2S/c1-4-10-11(7-18(3)16-10)17-21(19,20)8-5-9(13)12(14-2)15-6-8/h5-7,17H,4H2,1-3H3,(H,14,15). The Morgan fingerprint density at radius 2 is 2.14 bits per heavy atom. The first-order chi connectivity index (χ1) is 9.87. The molecule has 7 nitrogen and oxygen atoms in total. The highest BCUT2D eigenvalue weighted by Crippen LogP contribution is 2.24. The van der Waals surface area contributed by atoms with Crippen molar-refractivity contribution in [2.45, 2.75) is 18.2 Å². The predicted octanol–water partition coefficient (Wildman–Crippen LogP) is 1.87. The van der Waals surface area contributed by atoms with E-state index in [4.69, 9.17) is 11.6 Å². The number of nitrogens with one attached hydrogen (secondary N) is 2. The average molecular weight is 330 g/mol. The maximum Gasteiger partial charge on any atom is 0.263 e. The Labute approximate surface area is 128 Å². The number of nitrogens with zero attached hydrogens (tertiary/aromatic N) is 3. The molecule has 0 radical (unpaired) electrons. The van der Waals surface area contributed by atoms with Crippen molar-refractivity contribution in [3.05, 3.63) is 29.2 Å². The van der Waals surface area contributed by atoms with Gasteiger partial charge in [0.15, 0.2) is 0 Å². The van der Waals surface area contributed by atoms with E-state index in [1.807, 2.05) is 6.92 Å². The van der Waals surface area contributed by atoms with Crippen molar-refractivity contribution < 1.29 is 8.42 Å². The fraction of sp³-hybridized carbons (Fsp3) is 0.333. The minimum atomic E-state index is -3.76. The second kappa shape index (κ2) is 5.90. The Bertz CT molecular complexity index is 757. The van der Waals surface area contributed by atoms with Gasteiger partial charge in [-0.3, -0.25) is 9.40 Å². The maximum atomic E-state index is 12.4. The molecule has 2 aromatic rings. The molecule has 0 spiro atoms. The van der Waals surface area contributed by atoms with Gasteiger partial charge in [-0.1, -0.05) is 18.5 Å². The largest absolute Gasteiger partial charge is 0.372 e. The van der Waals surface area contributed by atoms with Crippen LogP contribution in [0.4, 0.5) is 11.5 Å². The number of halogens is 1. The van der Waals surface area contributed by atoms with E-state index in [2.05, 4.69) is 20.1 Å². The number of anilines is 2. The summed E-state index contributed by atoms with van der Waals surface area (Å²) in [5, 5.41) is 7.20. The van der Waals surface area contributed by atoms with Gasteiger partial charge < -0.3 is 5.32 Å². The van der Waals surface area contributed by atoms with Crippen LogP contribution in [0.1, 0.15) is 12.6 Å². The molecule has 2 N–H and O–H groups in total. The lowest BCUT2D eigenvalue weighted by molar-refractivity contribution is 0.601. The summed E-state index contributed by atoms with van der Waals surface area (Å²) in [5.41, 5.74) is 1.13. The molecule has 0 aromatic carbocycles. The topological polar surface area (TPSA) is 88.9 Å². The highest BCUT2D eigenvalue weighted by Gasteiger charge is 2.19. The Morgan fingerprint density at radius 3 is 2.71 bits per heavy atom. The Morgan fingerprint density at radius 1 is 1.43 bits per heavy atom. The van der Waals surface area contributed by atoms with Gasteiger partial charge >= 0.3 is 0 Å². The second-order valence-electron chi connectivity index (χ2n) is 4.37. The number of hydrogen-bond donors (Lipinski definition) is 2. The summed E-state index contributed by atoms with van der Waals surface area (Å²) in [5.74, 6) is 0.422. The first-order valence-corrected chi connectivity index (χ1v) is 8.12. The normalized spacial score (nSPS) is 11.4. The summed E-state index contributed by atoms with van der Waals surface area (Å²) in [7, 11) is -0.368. The highest BCUT2D eigenvalue weighted by molar-refractivity contribution is 7.92. The van der Waals surface area contributed by atoms with Crippen LogP contribution in [0, 0.1) is 0 Å². The van der Waals surface area contributed by atoms with Crippen molar-refractivity contribution in [3.8, 4) is 0 Å². The Balaban J connectivity index is 2.36. The number of aryl methyl sites for hydroxylation is 2. The average Bonchev–Trinajstić information content (AvgIpc) is 2.77. The fourth-order valence-corrected chi connectivity index (χ4v) is 3.20. The zero-order valence-corrected chi connectivity index (χ0v) is 13.5. The predicted molar refractivity (Wildman–Crippen MR) is 82.2 cm³/mol. The summed E-state index contributed by atoms with van der Waals surface area (Å²) in [6.45, 7) is 1.90. The molecule has 2 heterocycles. The monoisotopic (exact) mass is 329 g/mol. The van der Waals surface area contributed by atoms with Crippen molar-refractivity contribution in [2.75, 3.05) is 17.1 Å². The van der Waals surface area contributed by atoms with E-state index in [0.717, 1.165) is 0 Å². The zero-order valence-electron chi connectivity index (χ0n) is 11.9. The van der Waals surface area contributed by atoms with Gasteiger partial charge in [0.1, 0.15) is 10.7 Å². The summed E-state index contributed by atoms with van der Waals surface area (Å²) < 4.78 is 28.8. The summed E-state index contributed by atoms with van der Waals surface area (Å²) in [6.07, 6.45) is 3.49. The van der Waals surface area contributed by atoms with Crippen molar-refractivity contribution in [1.82, 2.24) is 14.8 Å². The molecule has 0 unspecified atom stereocenters. The maximum absolute atomic E-state index is 12.4. The van der Waals surface area contributed by atoms with Gasteiger partial charge in [-0.15, -0.1) is 0 Å². The summed E-state index contributed by atoms with van der Waals surface area (Å²) >= 11 is 5.97. The third-order valence-corrected chi connectivity index (χ3v) is 4.47. The molecular weight excluding hydrogens is 314 g/mol. The smallest absolute Gasteiger partial charge is 0.263 e. The van der Waals surface area contributed by atoms with Gasteiger partial charge in [-0.25, -0.2) is 13.4 Å². The van der Waals surface area contributed by atoms with Crippen LogP contribution in [0.2, 0.25) is 5.02 Å². The fourth-order valence-electron chi connectivity index (χ4n) is 1.84. The third kappa shape index (κ3) is 3.27. The molecule has 0 fully saturated rings. The lowest BCUT2D eigenvalue weighted by Crippen LogP contribution is -2.14. The van der Waals surface area contributed by atoms with Gasteiger partial charge in [-0.05, 0) is 12.5 Å². The summed E-state index contributed by atoms with van der Waals surface area (Å²) in [4.78, 5) is 3.97. The number of rotatable bonds is 5. The molecule has 0 bridgehead atoms. The lowest BCUT2D eigenvalue weighted by atomic mass is 10.3. The molecular formula is C12H16ClN5O2S. The third-order valence-electron chi connectivity index (χ3n) is 2.85. The van der Waals surface area contributed by atoms with E-state index in [1.165, 1.54) is 12.3 Å². The quantitative estimate of drug-likeness (QED) is 0.874. The van der Waals surface area contributed by atoms with Crippen molar-refractivity contribution in [1.29, 1.82) is 0 Å². The van der Waals surface area contributed by atoms with E-state index in [-0.39, 0.29) is 9.92 Å². The van der Waals surface area contributed by atoms with E-state index >= 15 is 0 Å². The molecule has 0 aliphatic heterocycles. The van der Waals surface area contributed by atoms with Crippen LogP contribution >= 0.6 is 11.6 Å². The molecule has 114 valence electrons. The van der Waals surface area contributed by atoms with Crippen LogP contribution in [-0.4, -0.2) is 30.2 Å². The second-order valence-corrected chi connectivity index (χ2v) is 6.46. The van der Waals surface area contributed by atoms with Crippen molar-refractivity contribution in [3.63, 3.8) is 0 Å². The SMILES string of the molecule is CCc1nn(C)cc1NS(=O)(=O)c1cnc(NC)c(Cl)c1. The molecule has 2 aromatic heterocycles. The van der Waals surface area contributed by atoms with Crippen LogP contribution in [0.15, 0.2) is 23.4 Å². The Kier molecular flexibility index (Phi) is 4.38. The van der Waals surface area contributed by atoms with E-state index in [1.54, 1.807) is 25.0 Å². The molecule has 0 saturated carbocycles. The zero-order chi connectivity index (χ0) is 15.6. The number of pyridine rings is 1. The molecule has 0 atom stereocenters. The number of sulfonamides is 1. The van der Waals surface area contributed by atoms with Gasteiger partial charge in [0.25, 0.3) is 10.0 Å². The van der Waals surface area contributed by atoms with Gasteiger partial charge in [0.05, 0.1) is 16.4 Å². The van der Waals surface area contributed by atoms with Crippen LogP contribution in [0.25, 0.3) is 0 Å². The van der Waals surface area contributed by atoms with E-state index in [9.17, 15) is 8.42 Å². The van der Waals surface area contributed by atoms with E-state index < -0.39 is 10.0 Å². The first kappa shape index (κ1) is 15.6. The van der Waals surface area contributed by atoms with Crippen LogP contribution in [-0.2, 0) is 23.5 Å². The molecule has 0 aliphatic carbocycles. The molecule has 21 heavy (non-hydrogen) atoms. The minimum absolute atomic E-state index is 0.00240. The van der Waals surface area contributed by atoms with Crippen molar-refractivity contribution in [2.24, 2.45) is 7.05 Å². The van der Waals surface area contributed by atoms with Crippen LogP contribution in [0.3, 0.4) is 0 Å². The van der Waals surface area contributed by atoms with Gasteiger partial charge in [-0.2, -0.15) is 5.10 Å². The van der Waals surface area contributed by atoms with Gasteiger partial charge in [0, 0.05) is 26.5 Å². The molecule has 0 saturated heterocycles. The molecule has 0 aliphatic rings. The number of hydrogen-bond acceptors (Lipinski definition) is 5. The van der Waals surface area contributed by atoms with Crippen LogP contribution in [0.5, 0.6) is 0 Å². The highest BCUT2D eigenvalue weighted by atomic mass is 35.5. The lowest BCUT2D eigenvalue weighted by Gasteiger charge is -2.09. The first-order valence-electron chi connectivity index (χ1n) is 6.26. The summed E-state index contributed by atoms with van der Waals surface area (Å²) in [6, 6.07) is 1.35. The minimum Gasteiger partial charge on any atom is -0.372 e. The molecule has 2 rings (SSSR count). The van der Waals surface area contributed by atoms with Crippen molar-refractivity contribution >= 4 is 33.1 Å². The van der Waals surface area contributed by atoms with Crippen LogP contribution < -0.4 is 10.0 Å². The number of aromatic nitrogens is 3. The Hall–Kier alpha value is -1.80. The van der Waals surface area contributed by atoms with E-state index in [0.29, 0.717) is 23.6 Å². The van der Waals surface area contributed by atoms with Gasteiger partial charge in [0.2, 0.25) is 0 Å². The molecule has 9 heteroatoms.